The van der Waals surface area contributed by atoms with Crippen molar-refractivity contribution >= 4 is 10.0 Å². The topological polar surface area (TPSA) is 62.3 Å². The van der Waals surface area contributed by atoms with Crippen molar-refractivity contribution in [3.63, 3.8) is 0 Å². The molecule has 2 atom stereocenters. The van der Waals surface area contributed by atoms with Crippen LogP contribution in [-0.4, -0.2) is 37.3 Å². The van der Waals surface area contributed by atoms with Crippen molar-refractivity contribution in [2.24, 2.45) is 5.92 Å². The molecule has 5 nitrogen and oxygen atoms in total. The van der Waals surface area contributed by atoms with Crippen LogP contribution in [0.1, 0.15) is 32.3 Å². The summed E-state index contributed by atoms with van der Waals surface area (Å²) in [7, 11) is -1.63. The molecule has 2 rings (SSSR count). The average molecular weight is 297 g/mol. The van der Waals surface area contributed by atoms with Crippen LogP contribution in [0.5, 0.6) is 0 Å². The minimum atomic E-state index is -3.47. The summed E-state index contributed by atoms with van der Waals surface area (Å²) in [5, 5.41) is 3.17. The van der Waals surface area contributed by atoms with E-state index in [9.17, 15) is 8.42 Å². The monoisotopic (exact) mass is 297 g/mol. The summed E-state index contributed by atoms with van der Waals surface area (Å²) in [6.45, 7) is 5.37. The summed E-state index contributed by atoms with van der Waals surface area (Å²) in [6, 6.07) is 3.45. The molecule has 2 heterocycles. The lowest BCUT2D eigenvalue weighted by Gasteiger charge is -2.36. The predicted octanol–water partition coefficient (Wildman–Crippen LogP) is 1.61. The van der Waals surface area contributed by atoms with Gasteiger partial charge in [0.25, 0.3) is 10.0 Å². The second kappa shape index (κ2) is 6.20. The minimum absolute atomic E-state index is 0.0348. The van der Waals surface area contributed by atoms with E-state index in [1.807, 2.05) is 20.0 Å². The van der Waals surface area contributed by atoms with Gasteiger partial charge in [-0.3, -0.25) is 0 Å². The number of rotatable bonds is 4. The summed E-state index contributed by atoms with van der Waals surface area (Å²) in [5.74, 6) is 0.391. The van der Waals surface area contributed by atoms with Crippen LogP contribution in [0.3, 0.4) is 0 Å². The highest BCUT2D eigenvalue weighted by atomic mass is 32.2. The van der Waals surface area contributed by atoms with Crippen LogP contribution >= 0.6 is 0 Å². The minimum Gasteiger partial charge on any atom is -0.316 e. The van der Waals surface area contributed by atoms with Gasteiger partial charge in [-0.25, -0.2) is 13.4 Å². The number of piperidine rings is 1. The standard InChI is InChI=1S/C14H23N3O2S/c1-11-5-4-8-17(12(11)2)20(18,19)14-7-6-13(9-15-3)10-16-14/h6-7,10-12,15H,4-5,8-9H2,1-3H3. The molecule has 1 N–H and O–H groups in total. The number of hydrogen-bond acceptors (Lipinski definition) is 4. The van der Waals surface area contributed by atoms with Gasteiger partial charge in [-0.2, -0.15) is 4.31 Å². The second-order valence-electron chi connectivity index (χ2n) is 5.51. The molecule has 0 saturated carbocycles. The molecule has 1 saturated heterocycles. The van der Waals surface area contributed by atoms with Gasteiger partial charge in [0.15, 0.2) is 5.03 Å². The van der Waals surface area contributed by atoms with Crippen molar-refractivity contribution < 1.29 is 8.42 Å². The summed E-state index contributed by atoms with van der Waals surface area (Å²) >= 11 is 0. The number of pyridine rings is 1. The van der Waals surface area contributed by atoms with Crippen molar-refractivity contribution in [3.8, 4) is 0 Å². The van der Waals surface area contributed by atoms with E-state index in [4.69, 9.17) is 0 Å². The lowest BCUT2D eigenvalue weighted by Crippen LogP contribution is -2.46. The molecule has 0 spiro atoms. The SMILES string of the molecule is CNCc1ccc(S(=O)(=O)N2CCCC(C)C2C)nc1. The van der Waals surface area contributed by atoms with Crippen molar-refractivity contribution in [2.45, 2.75) is 44.3 Å². The Morgan fingerprint density at radius 2 is 2.15 bits per heavy atom. The van der Waals surface area contributed by atoms with Crippen LogP contribution in [0.25, 0.3) is 0 Å². The molecule has 1 aliphatic rings. The lowest BCUT2D eigenvalue weighted by atomic mass is 9.94. The molecule has 0 amide bonds. The Balaban J connectivity index is 2.25. The zero-order chi connectivity index (χ0) is 14.8. The molecular formula is C14H23N3O2S. The van der Waals surface area contributed by atoms with Gasteiger partial charge in [0.1, 0.15) is 0 Å². The normalized spacial score (nSPS) is 24.8. The highest BCUT2D eigenvalue weighted by molar-refractivity contribution is 7.89. The largest absolute Gasteiger partial charge is 0.316 e. The zero-order valence-corrected chi connectivity index (χ0v) is 13.2. The van der Waals surface area contributed by atoms with E-state index < -0.39 is 10.0 Å². The molecule has 2 unspecified atom stereocenters. The van der Waals surface area contributed by atoms with Gasteiger partial charge in [-0.05, 0) is 44.4 Å². The smallest absolute Gasteiger partial charge is 0.260 e. The van der Waals surface area contributed by atoms with Gasteiger partial charge in [0, 0.05) is 25.3 Å². The van der Waals surface area contributed by atoms with Gasteiger partial charge in [0.2, 0.25) is 0 Å². The van der Waals surface area contributed by atoms with E-state index in [1.165, 1.54) is 0 Å². The number of sulfonamides is 1. The first kappa shape index (κ1) is 15.4. The zero-order valence-electron chi connectivity index (χ0n) is 12.3. The first-order valence-electron chi connectivity index (χ1n) is 7.08. The van der Waals surface area contributed by atoms with Crippen molar-refractivity contribution in [3.05, 3.63) is 23.9 Å². The van der Waals surface area contributed by atoms with Crippen LogP contribution in [-0.2, 0) is 16.6 Å². The fourth-order valence-corrected chi connectivity index (χ4v) is 4.31. The third-order valence-corrected chi connectivity index (χ3v) is 5.97. The van der Waals surface area contributed by atoms with Gasteiger partial charge in [0.05, 0.1) is 0 Å². The maximum Gasteiger partial charge on any atom is 0.260 e. The molecule has 0 aromatic carbocycles. The average Bonchev–Trinajstić information content (AvgIpc) is 2.42. The maximum absolute atomic E-state index is 12.7. The fraction of sp³-hybridized carbons (Fsp3) is 0.643. The molecule has 0 aliphatic carbocycles. The van der Waals surface area contributed by atoms with Crippen molar-refractivity contribution in [1.29, 1.82) is 0 Å². The lowest BCUT2D eigenvalue weighted by molar-refractivity contribution is 0.202. The van der Waals surface area contributed by atoms with Crippen LogP contribution in [0.15, 0.2) is 23.4 Å². The highest BCUT2D eigenvalue weighted by Gasteiger charge is 2.35. The van der Waals surface area contributed by atoms with Gasteiger partial charge < -0.3 is 5.32 Å². The van der Waals surface area contributed by atoms with Crippen LogP contribution in [0.2, 0.25) is 0 Å². The third kappa shape index (κ3) is 3.02. The summed E-state index contributed by atoms with van der Waals surface area (Å²) in [4.78, 5) is 4.13. The Bertz CT molecular complexity index is 542. The molecule has 1 fully saturated rings. The molecule has 0 bridgehead atoms. The second-order valence-corrected chi connectivity index (χ2v) is 7.35. The van der Waals surface area contributed by atoms with E-state index in [0.29, 0.717) is 19.0 Å². The van der Waals surface area contributed by atoms with Crippen LogP contribution in [0.4, 0.5) is 0 Å². The summed E-state index contributed by atoms with van der Waals surface area (Å²) in [5.41, 5.74) is 0.978. The van der Waals surface area contributed by atoms with E-state index in [-0.39, 0.29) is 11.1 Å². The van der Waals surface area contributed by atoms with E-state index >= 15 is 0 Å². The highest BCUT2D eigenvalue weighted by Crippen LogP contribution is 2.28. The van der Waals surface area contributed by atoms with Crippen LogP contribution in [0, 0.1) is 5.92 Å². The third-order valence-electron chi connectivity index (χ3n) is 4.07. The Kier molecular flexibility index (Phi) is 4.78. The molecular weight excluding hydrogens is 274 g/mol. The van der Waals surface area contributed by atoms with E-state index in [2.05, 4.69) is 17.2 Å². The summed E-state index contributed by atoms with van der Waals surface area (Å²) < 4.78 is 26.9. The van der Waals surface area contributed by atoms with Gasteiger partial charge >= 0.3 is 0 Å². The Hall–Kier alpha value is -0.980. The maximum atomic E-state index is 12.7. The van der Waals surface area contributed by atoms with Gasteiger partial charge in [-0.15, -0.1) is 0 Å². The first-order valence-corrected chi connectivity index (χ1v) is 8.52. The Labute approximate surface area is 121 Å². The fourth-order valence-electron chi connectivity index (χ4n) is 2.63. The molecule has 1 aromatic rings. The molecule has 0 radical (unpaired) electrons. The molecule has 20 heavy (non-hydrogen) atoms. The van der Waals surface area contributed by atoms with E-state index in [0.717, 1.165) is 18.4 Å². The molecule has 112 valence electrons. The number of nitrogens with one attached hydrogen (secondary N) is 1. The van der Waals surface area contributed by atoms with Crippen molar-refractivity contribution in [2.75, 3.05) is 13.6 Å². The number of aromatic nitrogens is 1. The Morgan fingerprint density at radius 1 is 1.40 bits per heavy atom. The number of nitrogens with zero attached hydrogens (tertiary/aromatic N) is 2. The van der Waals surface area contributed by atoms with E-state index in [1.54, 1.807) is 16.6 Å². The van der Waals surface area contributed by atoms with Gasteiger partial charge in [-0.1, -0.05) is 13.0 Å². The summed E-state index contributed by atoms with van der Waals surface area (Å²) in [6.07, 6.45) is 3.63. The molecule has 6 heteroatoms. The number of hydrogen-bond donors (Lipinski definition) is 1. The predicted molar refractivity (Wildman–Crippen MR) is 78.8 cm³/mol. The van der Waals surface area contributed by atoms with Crippen LogP contribution < -0.4 is 5.32 Å². The first-order chi connectivity index (χ1) is 9.46. The quantitative estimate of drug-likeness (QED) is 0.917. The molecule has 1 aromatic heterocycles. The van der Waals surface area contributed by atoms with Crippen molar-refractivity contribution in [1.82, 2.24) is 14.6 Å². The molecule has 1 aliphatic heterocycles. The Morgan fingerprint density at radius 3 is 2.75 bits per heavy atom.